The van der Waals surface area contributed by atoms with Crippen molar-refractivity contribution in [3.8, 4) is 0 Å². The minimum atomic E-state index is 0.353. The first kappa shape index (κ1) is 33.9. The number of aromatic nitrogens is 2. The highest BCUT2D eigenvalue weighted by Crippen LogP contribution is 2.26. The second kappa shape index (κ2) is 21.0. The van der Waals surface area contributed by atoms with Gasteiger partial charge >= 0.3 is 0 Å². The van der Waals surface area contributed by atoms with E-state index in [0.717, 1.165) is 56.6 Å². The maximum absolute atomic E-state index is 6.03. The summed E-state index contributed by atoms with van der Waals surface area (Å²) in [6.07, 6.45) is 11.8. The molecule has 0 unspecified atom stereocenters. The molecule has 0 bridgehead atoms. The molecule has 6 heteroatoms. The molecule has 0 aliphatic carbocycles. The average Bonchev–Trinajstić information content (AvgIpc) is 3.26. The first-order valence-electron chi connectivity index (χ1n) is 13.2. The lowest BCUT2D eigenvalue weighted by atomic mass is 10.1. The largest absolute Gasteiger partial charge is 0.370 e. The lowest BCUT2D eigenvalue weighted by Gasteiger charge is -2.26. The molecule has 0 saturated carbocycles. The predicted octanol–water partition coefficient (Wildman–Crippen LogP) is 9.82. The van der Waals surface area contributed by atoms with E-state index in [9.17, 15) is 0 Å². The fourth-order valence-electron chi connectivity index (χ4n) is 3.47. The van der Waals surface area contributed by atoms with Gasteiger partial charge < -0.3 is 15.2 Å². The van der Waals surface area contributed by atoms with Crippen molar-refractivity contribution in [3.05, 3.63) is 72.3 Å². The Kier molecular flexibility index (Phi) is 19.8. The number of nitrogens with zero attached hydrogens (tertiary/aromatic N) is 2. The number of imidazole rings is 1. The molecule has 0 aliphatic rings. The van der Waals surface area contributed by atoms with Crippen molar-refractivity contribution >= 4 is 34.9 Å². The minimum Gasteiger partial charge on any atom is -0.370 e. The van der Waals surface area contributed by atoms with Crippen LogP contribution in [0.3, 0.4) is 0 Å². The van der Waals surface area contributed by atoms with Crippen LogP contribution in [0.5, 0.6) is 0 Å². The number of aromatic amines is 1. The monoisotopic (exact) mass is 532 g/mol. The number of allylic oxidation sites excluding steroid dienone is 1. The molecule has 0 spiro atoms. The van der Waals surface area contributed by atoms with Crippen LogP contribution in [0.25, 0.3) is 5.70 Å². The molecule has 1 aromatic carbocycles. The highest BCUT2D eigenvalue weighted by atomic mass is 35.5. The van der Waals surface area contributed by atoms with Gasteiger partial charge in [-0.15, -0.1) is 18.3 Å². The number of hydrogen-bond donors (Lipinski definition) is 2. The molecule has 0 aliphatic heterocycles. The van der Waals surface area contributed by atoms with Crippen molar-refractivity contribution in [2.45, 2.75) is 84.5 Å². The van der Waals surface area contributed by atoms with E-state index in [1.54, 1.807) is 18.0 Å². The summed E-state index contributed by atoms with van der Waals surface area (Å²) < 4.78 is 0. The Balaban J connectivity index is 0.000000845. The molecule has 0 radical (unpaired) electrons. The minimum absolute atomic E-state index is 0.353. The van der Waals surface area contributed by atoms with E-state index >= 15 is 0 Å². The summed E-state index contributed by atoms with van der Waals surface area (Å²) in [5, 5.41) is 3.37. The summed E-state index contributed by atoms with van der Waals surface area (Å²) in [5.74, 6) is 0.669. The van der Waals surface area contributed by atoms with E-state index in [4.69, 9.17) is 11.6 Å². The third-order valence-electron chi connectivity index (χ3n) is 5.44. The van der Waals surface area contributed by atoms with E-state index in [1.807, 2.05) is 13.8 Å². The van der Waals surface area contributed by atoms with Crippen LogP contribution in [0.2, 0.25) is 5.28 Å². The maximum Gasteiger partial charge on any atom is 0.202 e. The second-order valence-corrected chi connectivity index (χ2v) is 9.60. The van der Waals surface area contributed by atoms with Gasteiger partial charge in [-0.25, -0.2) is 0 Å². The van der Waals surface area contributed by atoms with Crippen molar-refractivity contribution in [1.82, 2.24) is 14.9 Å². The Hall–Kier alpha value is -2.11. The summed E-state index contributed by atoms with van der Waals surface area (Å²) in [6.45, 7) is 24.4. The van der Waals surface area contributed by atoms with Gasteiger partial charge in [0, 0.05) is 18.0 Å². The maximum atomic E-state index is 6.03. The Morgan fingerprint density at radius 2 is 1.81 bits per heavy atom. The average molecular weight is 533 g/mol. The van der Waals surface area contributed by atoms with Gasteiger partial charge in [-0.05, 0) is 80.8 Å². The molecule has 4 nitrogen and oxygen atoms in total. The van der Waals surface area contributed by atoms with Crippen LogP contribution in [0.1, 0.15) is 84.4 Å². The topological polar surface area (TPSA) is 44.0 Å². The molecule has 1 heterocycles. The summed E-state index contributed by atoms with van der Waals surface area (Å²) in [7, 11) is 0. The van der Waals surface area contributed by atoms with Gasteiger partial charge in [0.25, 0.3) is 0 Å². The second-order valence-electron chi connectivity index (χ2n) is 8.36. The molecule has 0 amide bonds. The fraction of sp³-hybridized carbons (Fsp3) is 0.500. The van der Waals surface area contributed by atoms with Crippen LogP contribution < -0.4 is 5.32 Å². The molecule has 2 N–H and O–H groups in total. The van der Waals surface area contributed by atoms with Crippen LogP contribution in [0.15, 0.2) is 60.7 Å². The third kappa shape index (κ3) is 13.8. The van der Waals surface area contributed by atoms with Gasteiger partial charge in [0.2, 0.25) is 5.28 Å². The van der Waals surface area contributed by atoms with Crippen molar-refractivity contribution < 1.29 is 0 Å². The molecule has 202 valence electrons. The number of rotatable bonds is 15. The number of aryl methyl sites for hydroxylation is 1. The van der Waals surface area contributed by atoms with Gasteiger partial charge in [-0.2, -0.15) is 4.98 Å². The van der Waals surface area contributed by atoms with Gasteiger partial charge in [0.15, 0.2) is 5.82 Å². The summed E-state index contributed by atoms with van der Waals surface area (Å²) in [6, 6.07) is 8.67. The highest BCUT2D eigenvalue weighted by Gasteiger charge is 2.16. The molecule has 1 aromatic heterocycles. The van der Waals surface area contributed by atoms with E-state index < -0.39 is 0 Å². The van der Waals surface area contributed by atoms with Gasteiger partial charge in [0.05, 0.1) is 5.70 Å². The standard InChI is InChI=1S/C19H31ClN4.C9H12S.C2H6/c1-6-8-10-13-24(14-11-9-12-15(3)4)16(5)17-18(21-7-2)23-19(20)22-17;1-3-8-5-4-6-9(7-8)10-2;1-2/h7,21H,2-3,5-6,8-14H2,1,4H3,(H,22,23);4-7H,3H2,1-2H3;1-2H3. The molecule has 36 heavy (non-hydrogen) atoms. The predicted molar refractivity (Wildman–Crippen MR) is 165 cm³/mol. The van der Waals surface area contributed by atoms with Crippen LogP contribution in [0, 0.1) is 0 Å². The highest BCUT2D eigenvalue weighted by molar-refractivity contribution is 7.98. The van der Waals surface area contributed by atoms with Crippen LogP contribution in [-0.2, 0) is 6.42 Å². The SMILES string of the molecule is C=CNc1nc(Cl)[nH]c1C(=C)N(CCCCC)CCCCC(=C)C.CC.CCc1cccc(SC)c1. The Morgan fingerprint density at radius 1 is 1.14 bits per heavy atom. The number of benzene rings is 1. The molecular weight excluding hydrogens is 484 g/mol. The molecule has 2 aromatic rings. The Morgan fingerprint density at radius 3 is 2.36 bits per heavy atom. The Labute approximate surface area is 230 Å². The van der Waals surface area contributed by atoms with Crippen molar-refractivity contribution in [2.24, 2.45) is 0 Å². The number of unbranched alkanes of at least 4 members (excludes halogenated alkanes) is 3. The van der Waals surface area contributed by atoms with Gasteiger partial charge in [0.1, 0.15) is 5.69 Å². The van der Waals surface area contributed by atoms with Gasteiger partial charge in [-0.1, -0.05) is 71.4 Å². The fourth-order valence-corrected chi connectivity index (χ4v) is 4.13. The van der Waals surface area contributed by atoms with Gasteiger partial charge in [-0.3, -0.25) is 0 Å². The van der Waals surface area contributed by atoms with E-state index in [2.05, 4.69) is 91.2 Å². The summed E-state index contributed by atoms with van der Waals surface area (Å²) >= 11 is 7.83. The number of H-pyrrole nitrogens is 1. The summed E-state index contributed by atoms with van der Waals surface area (Å²) in [4.78, 5) is 11.0. The number of nitrogens with one attached hydrogen (secondary N) is 2. The molecular formula is C30H49ClN4S. The zero-order chi connectivity index (χ0) is 27.3. The van der Waals surface area contributed by atoms with Crippen molar-refractivity contribution in [2.75, 3.05) is 24.7 Å². The smallest absolute Gasteiger partial charge is 0.202 e. The lowest BCUT2D eigenvalue weighted by molar-refractivity contribution is 0.372. The molecule has 0 fully saturated rings. The van der Waals surface area contributed by atoms with Crippen LogP contribution >= 0.6 is 23.4 Å². The van der Waals surface area contributed by atoms with E-state index in [0.29, 0.717) is 11.1 Å². The number of hydrogen-bond acceptors (Lipinski definition) is 4. The normalized spacial score (nSPS) is 9.86. The third-order valence-corrected chi connectivity index (χ3v) is 6.34. The molecule has 2 rings (SSSR count). The zero-order valence-electron chi connectivity index (χ0n) is 23.6. The van der Waals surface area contributed by atoms with Crippen LogP contribution in [-0.4, -0.2) is 34.2 Å². The molecule has 0 atom stereocenters. The molecule has 0 saturated heterocycles. The first-order chi connectivity index (χ1) is 17.4. The zero-order valence-corrected chi connectivity index (χ0v) is 25.1. The summed E-state index contributed by atoms with van der Waals surface area (Å²) in [5.41, 5.74) is 4.41. The van der Waals surface area contributed by atoms with E-state index in [1.165, 1.54) is 28.9 Å². The lowest BCUT2D eigenvalue weighted by Crippen LogP contribution is -2.25. The number of halogens is 1. The first-order valence-corrected chi connectivity index (χ1v) is 14.8. The Bertz CT molecular complexity index is 872. The van der Waals surface area contributed by atoms with Crippen LogP contribution in [0.4, 0.5) is 5.82 Å². The quantitative estimate of drug-likeness (QED) is 0.136. The van der Waals surface area contributed by atoms with E-state index in [-0.39, 0.29) is 0 Å². The number of anilines is 1. The van der Waals surface area contributed by atoms with Crippen molar-refractivity contribution in [1.29, 1.82) is 0 Å². The number of thioether (sulfide) groups is 1. The van der Waals surface area contributed by atoms with Crippen molar-refractivity contribution in [3.63, 3.8) is 0 Å².